The van der Waals surface area contributed by atoms with Crippen LogP contribution in [0.15, 0.2) is 18.2 Å². The van der Waals surface area contributed by atoms with E-state index in [9.17, 15) is 5.11 Å². The van der Waals surface area contributed by atoms with Crippen LogP contribution in [0.5, 0.6) is 0 Å². The molecule has 0 saturated heterocycles. The highest BCUT2D eigenvalue weighted by Crippen LogP contribution is 2.47. The Bertz CT molecular complexity index is 489. The summed E-state index contributed by atoms with van der Waals surface area (Å²) in [7, 11) is 0. The lowest BCUT2D eigenvalue weighted by molar-refractivity contribution is -0.0884. The van der Waals surface area contributed by atoms with Crippen molar-refractivity contribution in [1.82, 2.24) is 0 Å². The van der Waals surface area contributed by atoms with Crippen LogP contribution in [0, 0.1) is 10.8 Å². The Kier molecular flexibility index (Phi) is 4.70. The molecule has 3 N–H and O–H groups in total. The number of rotatable bonds is 3. The van der Waals surface area contributed by atoms with Gasteiger partial charge >= 0.3 is 0 Å². The van der Waals surface area contributed by atoms with Crippen LogP contribution in [0.4, 0.5) is 0 Å². The van der Waals surface area contributed by atoms with E-state index in [1.807, 2.05) is 18.2 Å². The number of hydrogen-bond acceptors (Lipinski definition) is 2. The molecule has 0 heterocycles. The molecule has 2 nitrogen and oxygen atoms in total. The van der Waals surface area contributed by atoms with Gasteiger partial charge in [0.1, 0.15) is 0 Å². The van der Waals surface area contributed by atoms with E-state index < -0.39 is 6.10 Å². The molecule has 0 spiro atoms. The van der Waals surface area contributed by atoms with Gasteiger partial charge in [-0.3, -0.25) is 0 Å². The molecule has 2 rings (SSSR count). The highest BCUT2D eigenvalue weighted by molar-refractivity contribution is 6.42. The molecule has 0 aliphatic heterocycles. The summed E-state index contributed by atoms with van der Waals surface area (Å²) >= 11 is 12.0. The number of nitrogens with two attached hydrogens (primary N) is 1. The molecule has 2 unspecified atom stereocenters. The molecule has 4 heteroatoms. The van der Waals surface area contributed by atoms with Crippen molar-refractivity contribution in [3.8, 4) is 0 Å². The smallest absolute Gasteiger partial charge is 0.0662 e. The normalized spacial score (nSPS) is 29.4. The van der Waals surface area contributed by atoms with E-state index >= 15 is 0 Å². The molecule has 20 heavy (non-hydrogen) atoms. The van der Waals surface area contributed by atoms with Gasteiger partial charge in [-0.2, -0.15) is 0 Å². The largest absolute Gasteiger partial charge is 0.392 e. The van der Waals surface area contributed by atoms with Crippen LogP contribution in [0.25, 0.3) is 0 Å². The highest BCUT2D eigenvalue weighted by atomic mass is 35.5. The molecular formula is C16H23Cl2NO. The summed E-state index contributed by atoms with van der Waals surface area (Å²) in [6.07, 6.45) is 3.43. The first-order chi connectivity index (χ1) is 9.31. The van der Waals surface area contributed by atoms with Crippen LogP contribution in [-0.2, 0) is 6.42 Å². The van der Waals surface area contributed by atoms with Gasteiger partial charge in [0.15, 0.2) is 0 Å². The standard InChI is InChI=1S/C16H23Cl2NO/c1-15(2)6-3-7-16(10-19,14(15)20)9-11-4-5-12(17)13(18)8-11/h4-5,8,14,20H,3,6-7,9-10,19H2,1-2H3. The van der Waals surface area contributed by atoms with Gasteiger partial charge in [-0.1, -0.05) is 49.5 Å². The van der Waals surface area contributed by atoms with Gasteiger partial charge in [0.2, 0.25) is 0 Å². The zero-order valence-corrected chi connectivity index (χ0v) is 13.6. The summed E-state index contributed by atoms with van der Waals surface area (Å²) in [4.78, 5) is 0. The van der Waals surface area contributed by atoms with Gasteiger partial charge in [0.05, 0.1) is 16.1 Å². The van der Waals surface area contributed by atoms with E-state index in [4.69, 9.17) is 28.9 Å². The molecule has 1 aromatic rings. The first kappa shape index (κ1) is 16.1. The van der Waals surface area contributed by atoms with Crippen LogP contribution >= 0.6 is 23.2 Å². The van der Waals surface area contributed by atoms with Crippen LogP contribution < -0.4 is 5.73 Å². The van der Waals surface area contributed by atoms with E-state index in [0.717, 1.165) is 31.2 Å². The Morgan fingerprint density at radius 1 is 1.25 bits per heavy atom. The Hall–Kier alpha value is -0.280. The van der Waals surface area contributed by atoms with Crippen LogP contribution in [0.3, 0.4) is 0 Å². The van der Waals surface area contributed by atoms with Crippen molar-refractivity contribution in [2.45, 2.75) is 45.6 Å². The molecule has 2 atom stereocenters. The lowest BCUT2D eigenvalue weighted by Gasteiger charge is -2.49. The van der Waals surface area contributed by atoms with Crippen molar-refractivity contribution in [1.29, 1.82) is 0 Å². The van der Waals surface area contributed by atoms with Gasteiger partial charge in [0.25, 0.3) is 0 Å². The number of benzene rings is 1. The Morgan fingerprint density at radius 3 is 2.55 bits per heavy atom. The number of aliphatic hydroxyl groups is 1. The zero-order valence-electron chi connectivity index (χ0n) is 12.1. The molecule has 1 aliphatic rings. The summed E-state index contributed by atoms with van der Waals surface area (Å²) in [6.45, 7) is 4.73. The predicted molar refractivity (Wildman–Crippen MR) is 85.3 cm³/mol. The topological polar surface area (TPSA) is 46.2 Å². The maximum atomic E-state index is 10.8. The predicted octanol–water partition coefficient (Wildman–Crippen LogP) is 4.05. The van der Waals surface area contributed by atoms with Crippen molar-refractivity contribution in [2.75, 3.05) is 6.54 Å². The van der Waals surface area contributed by atoms with Crippen LogP contribution in [-0.4, -0.2) is 17.8 Å². The van der Waals surface area contributed by atoms with E-state index in [0.29, 0.717) is 16.6 Å². The second-order valence-corrected chi connectivity index (χ2v) is 7.55. The maximum absolute atomic E-state index is 10.8. The highest BCUT2D eigenvalue weighted by Gasteiger charge is 2.47. The summed E-state index contributed by atoms with van der Waals surface area (Å²) < 4.78 is 0. The van der Waals surface area contributed by atoms with E-state index in [-0.39, 0.29) is 10.8 Å². The molecule has 0 radical (unpaired) electrons. The van der Waals surface area contributed by atoms with Crippen LogP contribution in [0.1, 0.15) is 38.7 Å². The fraction of sp³-hybridized carbons (Fsp3) is 0.625. The molecule has 0 aromatic heterocycles. The van der Waals surface area contributed by atoms with Crippen molar-refractivity contribution in [2.24, 2.45) is 16.6 Å². The van der Waals surface area contributed by atoms with Crippen molar-refractivity contribution in [3.05, 3.63) is 33.8 Å². The summed E-state index contributed by atoms with van der Waals surface area (Å²) in [5, 5.41) is 11.9. The molecule has 0 amide bonds. The summed E-state index contributed by atoms with van der Waals surface area (Å²) in [6, 6.07) is 5.67. The molecule has 112 valence electrons. The molecular weight excluding hydrogens is 293 g/mol. The first-order valence-electron chi connectivity index (χ1n) is 7.13. The zero-order chi connectivity index (χ0) is 15.0. The summed E-state index contributed by atoms with van der Waals surface area (Å²) in [5.74, 6) is 0. The SMILES string of the molecule is CC1(C)CCCC(CN)(Cc2ccc(Cl)c(Cl)c2)C1O. The summed E-state index contributed by atoms with van der Waals surface area (Å²) in [5.41, 5.74) is 6.78. The van der Waals surface area contributed by atoms with Crippen molar-refractivity contribution >= 4 is 23.2 Å². The van der Waals surface area contributed by atoms with Gasteiger partial charge in [0, 0.05) is 12.0 Å². The number of aliphatic hydroxyl groups excluding tert-OH is 1. The third-order valence-electron chi connectivity index (χ3n) is 4.76. The maximum Gasteiger partial charge on any atom is 0.0662 e. The Balaban J connectivity index is 2.29. The second kappa shape index (κ2) is 5.84. The molecule has 0 bridgehead atoms. The fourth-order valence-corrected chi connectivity index (χ4v) is 3.85. The minimum absolute atomic E-state index is 0.0894. The Morgan fingerprint density at radius 2 is 1.95 bits per heavy atom. The van der Waals surface area contributed by atoms with Gasteiger partial charge < -0.3 is 10.8 Å². The quantitative estimate of drug-likeness (QED) is 0.883. The fourth-order valence-electron chi connectivity index (χ4n) is 3.53. The van der Waals surface area contributed by atoms with E-state index in [1.54, 1.807) is 0 Å². The lowest BCUT2D eigenvalue weighted by atomic mass is 9.59. The van der Waals surface area contributed by atoms with Crippen molar-refractivity contribution < 1.29 is 5.11 Å². The minimum atomic E-state index is -0.400. The van der Waals surface area contributed by atoms with Crippen molar-refractivity contribution in [3.63, 3.8) is 0 Å². The second-order valence-electron chi connectivity index (χ2n) is 6.74. The number of hydrogen-bond donors (Lipinski definition) is 2. The van der Waals surface area contributed by atoms with E-state index in [1.165, 1.54) is 0 Å². The first-order valence-corrected chi connectivity index (χ1v) is 7.88. The molecule has 1 aliphatic carbocycles. The molecule has 1 aromatic carbocycles. The van der Waals surface area contributed by atoms with E-state index in [2.05, 4.69) is 13.8 Å². The van der Waals surface area contributed by atoms with Gasteiger partial charge in [-0.05, 0) is 42.4 Å². The molecule has 1 saturated carbocycles. The number of halogens is 2. The van der Waals surface area contributed by atoms with Gasteiger partial charge in [-0.25, -0.2) is 0 Å². The minimum Gasteiger partial charge on any atom is -0.392 e. The van der Waals surface area contributed by atoms with Crippen LogP contribution in [0.2, 0.25) is 10.0 Å². The average molecular weight is 316 g/mol. The third kappa shape index (κ3) is 2.99. The molecule has 1 fully saturated rings. The lowest BCUT2D eigenvalue weighted by Crippen LogP contribution is -2.53. The monoisotopic (exact) mass is 315 g/mol. The third-order valence-corrected chi connectivity index (χ3v) is 5.50. The average Bonchev–Trinajstić information content (AvgIpc) is 2.39. The Labute approximate surface area is 131 Å². The van der Waals surface area contributed by atoms with Gasteiger partial charge in [-0.15, -0.1) is 0 Å².